The molecule has 3 N–H and O–H groups in total. The molecule has 1 aromatic carbocycles. The molecular weight excluding hydrogens is 294 g/mol. The van der Waals surface area contributed by atoms with Gasteiger partial charge in [0.2, 0.25) is 11.8 Å². The molecule has 0 saturated carbocycles. The first-order chi connectivity index (χ1) is 9.56. The van der Waals surface area contributed by atoms with Gasteiger partial charge >= 0.3 is 0 Å². The third kappa shape index (κ3) is 6.97. The van der Waals surface area contributed by atoms with E-state index in [1.807, 2.05) is 31.2 Å². The van der Waals surface area contributed by atoms with Gasteiger partial charge in [0.05, 0.1) is 19.7 Å². The van der Waals surface area contributed by atoms with Crippen molar-refractivity contribution >= 4 is 24.2 Å². The average Bonchev–Trinajstić information content (AvgIpc) is 2.46. The van der Waals surface area contributed by atoms with E-state index in [9.17, 15) is 9.59 Å². The van der Waals surface area contributed by atoms with Crippen molar-refractivity contribution in [2.75, 3.05) is 26.7 Å². The van der Waals surface area contributed by atoms with Gasteiger partial charge in [-0.05, 0) is 24.6 Å². The number of likely N-dealkylation sites (N-methyl/N-ethyl adjacent to an activating group) is 1. The summed E-state index contributed by atoms with van der Waals surface area (Å²) in [6, 6.07) is 7.56. The smallest absolute Gasteiger partial charge is 0.242 e. The van der Waals surface area contributed by atoms with Crippen molar-refractivity contribution in [1.82, 2.24) is 10.2 Å². The Bertz CT molecular complexity index is 451. The molecule has 0 heterocycles. The molecule has 2 amide bonds. The van der Waals surface area contributed by atoms with Crippen molar-refractivity contribution in [3.63, 3.8) is 0 Å². The van der Waals surface area contributed by atoms with E-state index in [0.717, 1.165) is 11.3 Å². The van der Waals surface area contributed by atoms with Gasteiger partial charge in [-0.2, -0.15) is 0 Å². The van der Waals surface area contributed by atoms with E-state index < -0.39 is 0 Å². The molecule has 21 heavy (non-hydrogen) atoms. The maximum Gasteiger partial charge on any atom is 0.242 e. The first kappa shape index (κ1) is 19.2. The van der Waals surface area contributed by atoms with Gasteiger partial charge in [-0.3, -0.25) is 9.59 Å². The van der Waals surface area contributed by atoms with Crippen molar-refractivity contribution in [3.05, 3.63) is 29.8 Å². The third-order valence-corrected chi connectivity index (χ3v) is 2.70. The van der Waals surface area contributed by atoms with Gasteiger partial charge in [0.25, 0.3) is 0 Å². The Hall–Kier alpha value is -1.79. The molecule has 1 rings (SSSR count). The van der Waals surface area contributed by atoms with Crippen LogP contribution in [-0.4, -0.2) is 43.5 Å². The summed E-state index contributed by atoms with van der Waals surface area (Å²) in [5, 5.41) is 2.45. The fraction of sp³-hybridized carbons (Fsp3) is 0.429. The molecule has 0 unspecified atom stereocenters. The lowest BCUT2D eigenvalue weighted by atomic mass is 10.2. The van der Waals surface area contributed by atoms with E-state index in [-0.39, 0.29) is 37.3 Å². The summed E-state index contributed by atoms with van der Waals surface area (Å²) in [5.74, 6) is 0.300. The lowest BCUT2D eigenvalue weighted by Crippen LogP contribution is -2.40. The van der Waals surface area contributed by atoms with Crippen molar-refractivity contribution in [1.29, 1.82) is 0 Å². The topological polar surface area (TPSA) is 84.7 Å². The van der Waals surface area contributed by atoms with E-state index >= 15 is 0 Å². The number of rotatable bonds is 7. The monoisotopic (exact) mass is 315 g/mol. The van der Waals surface area contributed by atoms with Gasteiger partial charge in [0.15, 0.2) is 0 Å². The second kappa shape index (κ2) is 10.0. The van der Waals surface area contributed by atoms with Gasteiger partial charge in [-0.1, -0.05) is 12.1 Å². The summed E-state index contributed by atoms with van der Waals surface area (Å²) in [6.07, 6.45) is 0. The predicted molar refractivity (Wildman–Crippen MR) is 83.4 cm³/mol. The highest BCUT2D eigenvalue weighted by Gasteiger charge is 2.10. The summed E-state index contributed by atoms with van der Waals surface area (Å²) >= 11 is 0. The highest BCUT2D eigenvalue weighted by atomic mass is 35.5. The van der Waals surface area contributed by atoms with Crippen LogP contribution >= 0.6 is 12.4 Å². The van der Waals surface area contributed by atoms with Crippen LogP contribution in [0.4, 0.5) is 0 Å². The Kier molecular flexibility index (Phi) is 9.16. The molecule has 0 atom stereocenters. The zero-order valence-electron chi connectivity index (χ0n) is 12.3. The number of ether oxygens (including phenoxy) is 1. The minimum absolute atomic E-state index is 0. The largest absolute Gasteiger partial charge is 0.494 e. The Morgan fingerprint density at radius 1 is 1.29 bits per heavy atom. The van der Waals surface area contributed by atoms with E-state index in [2.05, 4.69) is 5.32 Å². The first-order valence-electron chi connectivity index (χ1n) is 6.49. The number of amides is 2. The fourth-order valence-corrected chi connectivity index (χ4v) is 1.60. The zero-order valence-corrected chi connectivity index (χ0v) is 13.1. The molecule has 0 saturated heterocycles. The molecule has 1 aromatic rings. The number of carbonyl (C=O) groups excluding carboxylic acids is 2. The fourth-order valence-electron chi connectivity index (χ4n) is 1.60. The van der Waals surface area contributed by atoms with Gasteiger partial charge in [-0.15, -0.1) is 12.4 Å². The summed E-state index contributed by atoms with van der Waals surface area (Å²) in [4.78, 5) is 24.3. The van der Waals surface area contributed by atoms with Crippen molar-refractivity contribution in [2.24, 2.45) is 5.73 Å². The minimum atomic E-state index is -0.340. The number of nitrogens with two attached hydrogens (primary N) is 1. The van der Waals surface area contributed by atoms with Crippen LogP contribution in [0.1, 0.15) is 12.5 Å². The molecular formula is C14H22ClN3O3. The molecule has 118 valence electrons. The number of nitrogens with one attached hydrogen (secondary N) is 1. The van der Waals surface area contributed by atoms with Crippen LogP contribution in [-0.2, 0) is 16.1 Å². The predicted octanol–water partition coefficient (Wildman–Crippen LogP) is 0.540. The molecule has 0 aliphatic carbocycles. The summed E-state index contributed by atoms with van der Waals surface area (Å²) < 4.78 is 5.35. The maximum atomic E-state index is 11.8. The second-order valence-electron chi connectivity index (χ2n) is 4.31. The number of hydrogen-bond acceptors (Lipinski definition) is 4. The Balaban J connectivity index is 0.00000400. The van der Waals surface area contributed by atoms with Crippen LogP contribution in [0.5, 0.6) is 5.75 Å². The molecule has 0 spiro atoms. The highest BCUT2D eigenvalue weighted by Crippen LogP contribution is 2.13. The van der Waals surface area contributed by atoms with Crippen LogP contribution in [0.25, 0.3) is 0 Å². The van der Waals surface area contributed by atoms with E-state index in [1.54, 1.807) is 11.9 Å². The number of nitrogens with zero attached hydrogens (tertiary/aromatic N) is 1. The zero-order chi connectivity index (χ0) is 15.0. The normalized spacial score (nSPS) is 9.48. The van der Waals surface area contributed by atoms with E-state index in [4.69, 9.17) is 10.5 Å². The van der Waals surface area contributed by atoms with Crippen LogP contribution in [0.2, 0.25) is 0 Å². The first-order valence-corrected chi connectivity index (χ1v) is 6.49. The number of benzene rings is 1. The lowest BCUT2D eigenvalue weighted by Gasteiger charge is -2.17. The number of halogens is 1. The Morgan fingerprint density at radius 2 is 1.90 bits per heavy atom. The Labute approximate surface area is 131 Å². The number of hydrogen-bond donors (Lipinski definition) is 2. The van der Waals surface area contributed by atoms with Crippen molar-refractivity contribution in [3.8, 4) is 5.75 Å². The molecule has 0 aliphatic rings. The van der Waals surface area contributed by atoms with Gasteiger partial charge in [-0.25, -0.2) is 0 Å². The molecule has 0 bridgehead atoms. The second-order valence-corrected chi connectivity index (χ2v) is 4.31. The molecule has 6 nitrogen and oxygen atoms in total. The Morgan fingerprint density at radius 3 is 2.43 bits per heavy atom. The maximum absolute atomic E-state index is 11.8. The van der Waals surface area contributed by atoms with E-state index in [1.165, 1.54) is 0 Å². The molecule has 0 aromatic heterocycles. The molecule has 0 fully saturated rings. The standard InChI is InChI=1S/C14H21N3O3.ClH/c1-3-20-12-6-4-11(5-7-12)10-17(2)14(19)9-16-13(18)8-15;/h4-7H,3,8-10,15H2,1-2H3,(H,16,18);1H. The highest BCUT2D eigenvalue weighted by molar-refractivity contribution is 5.85. The van der Waals surface area contributed by atoms with Crippen molar-refractivity contribution < 1.29 is 14.3 Å². The van der Waals surface area contributed by atoms with Gasteiger partial charge in [0.1, 0.15) is 5.75 Å². The van der Waals surface area contributed by atoms with Gasteiger partial charge < -0.3 is 20.7 Å². The summed E-state index contributed by atoms with van der Waals surface area (Å²) in [7, 11) is 1.69. The van der Waals surface area contributed by atoms with Crippen LogP contribution in [0.15, 0.2) is 24.3 Å². The van der Waals surface area contributed by atoms with Crippen LogP contribution in [0.3, 0.4) is 0 Å². The van der Waals surface area contributed by atoms with Crippen LogP contribution < -0.4 is 15.8 Å². The van der Waals surface area contributed by atoms with Gasteiger partial charge in [0, 0.05) is 13.6 Å². The number of carbonyl (C=O) groups is 2. The molecule has 7 heteroatoms. The molecule has 0 radical (unpaired) electrons. The molecule has 0 aliphatic heterocycles. The minimum Gasteiger partial charge on any atom is -0.494 e. The lowest BCUT2D eigenvalue weighted by molar-refractivity contribution is -0.131. The third-order valence-electron chi connectivity index (χ3n) is 2.70. The van der Waals surface area contributed by atoms with Crippen molar-refractivity contribution in [2.45, 2.75) is 13.5 Å². The SMILES string of the molecule is CCOc1ccc(CN(C)C(=O)CNC(=O)CN)cc1.Cl. The van der Waals surface area contributed by atoms with E-state index in [0.29, 0.717) is 13.2 Å². The average molecular weight is 316 g/mol. The summed E-state index contributed by atoms with van der Waals surface area (Å²) in [5.41, 5.74) is 6.14. The van der Waals surface area contributed by atoms with Crippen LogP contribution in [0, 0.1) is 0 Å². The quantitative estimate of drug-likeness (QED) is 0.769. The summed E-state index contributed by atoms with van der Waals surface area (Å²) in [6.45, 7) is 2.87.